The van der Waals surface area contributed by atoms with E-state index in [-0.39, 0.29) is 11.9 Å². The fourth-order valence-electron chi connectivity index (χ4n) is 2.37. The van der Waals surface area contributed by atoms with Gasteiger partial charge < -0.3 is 4.74 Å². The molecule has 1 heterocycles. The van der Waals surface area contributed by atoms with E-state index in [9.17, 15) is 12.8 Å². The third-order valence-electron chi connectivity index (χ3n) is 3.41. The fraction of sp³-hybridized carbons (Fsp3) is 0.571. The van der Waals surface area contributed by atoms with Gasteiger partial charge in [-0.1, -0.05) is 18.2 Å². The van der Waals surface area contributed by atoms with Gasteiger partial charge in [0.05, 0.1) is 19.0 Å². The number of ether oxygens (including phenoxy) is 1. The van der Waals surface area contributed by atoms with Crippen LogP contribution in [0.3, 0.4) is 0 Å². The molecular weight excluding hydrogens is 295 g/mol. The van der Waals surface area contributed by atoms with Crippen molar-refractivity contribution in [3.63, 3.8) is 0 Å². The normalized spacial score (nSPS) is 20.6. The lowest BCUT2D eigenvalue weighted by molar-refractivity contribution is -0.0341. The molecule has 1 unspecified atom stereocenters. The Morgan fingerprint density at radius 2 is 2.19 bits per heavy atom. The van der Waals surface area contributed by atoms with Gasteiger partial charge in [-0.2, -0.15) is 0 Å². The van der Waals surface area contributed by atoms with Crippen molar-refractivity contribution in [2.75, 3.05) is 32.5 Å². The summed E-state index contributed by atoms with van der Waals surface area (Å²) in [5.41, 5.74) is 0.674. The average Bonchev–Trinajstić information content (AvgIpc) is 2.40. The molecule has 5 nitrogen and oxygen atoms in total. The molecule has 118 valence electrons. The van der Waals surface area contributed by atoms with Crippen molar-refractivity contribution >= 4 is 10.0 Å². The van der Waals surface area contributed by atoms with Crippen LogP contribution in [-0.4, -0.2) is 51.9 Å². The van der Waals surface area contributed by atoms with Gasteiger partial charge in [0.25, 0.3) is 0 Å². The van der Waals surface area contributed by atoms with Gasteiger partial charge in [-0.15, -0.1) is 0 Å². The summed E-state index contributed by atoms with van der Waals surface area (Å²) in [5.74, 6) is -0.195. The van der Waals surface area contributed by atoms with Crippen molar-refractivity contribution in [2.24, 2.45) is 0 Å². The van der Waals surface area contributed by atoms with Crippen molar-refractivity contribution < 1.29 is 17.5 Å². The Bertz CT molecular complexity index is 565. The summed E-state index contributed by atoms with van der Waals surface area (Å²) in [6, 6.07) is 6.75. The molecule has 0 aromatic heterocycles. The standard InChI is InChI=1S/C14H21FN2O3S/c1-21(18,19)16-7-6-13-11-17(8-9-20-13)10-12-4-2-3-5-14(12)15/h2-5,13,16H,6-11H2,1H3. The van der Waals surface area contributed by atoms with E-state index < -0.39 is 10.0 Å². The topological polar surface area (TPSA) is 58.6 Å². The summed E-state index contributed by atoms with van der Waals surface area (Å²) in [5, 5.41) is 0. The molecule has 1 N–H and O–H groups in total. The van der Waals surface area contributed by atoms with Gasteiger partial charge in [-0.25, -0.2) is 17.5 Å². The monoisotopic (exact) mass is 316 g/mol. The minimum atomic E-state index is -3.16. The van der Waals surface area contributed by atoms with E-state index in [1.165, 1.54) is 6.07 Å². The first-order chi connectivity index (χ1) is 9.94. The lowest BCUT2D eigenvalue weighted by Gasteiger charge is -2.33. The predicted octanol–water partition coefficient (Wildman–Crippen LogP) is 0.966. The van der Waals surface area contributed by atoms with E-state index in [2.05, 4.69) is 9.62 Å². The molecule has 7 heteroatoms. The highest BCUT2D eigenvalue weighted by molar-refractivity contribution is 7.88. The molecule has 2 rings (SSSR count). The summed E-state index contributed by atoms with van der Waals surface area (Å²) in [4.78, 5) is 2.13. The van der Waals surface area contributed by atoms with Crippen LogP contribution >= 0.6 is 0 Å². The van der Waals surface area contributed by atoms with Crippen LogP contribution in [0, 0.1) is 5.82 Å². The first-order valence-corrected chi connectivity index (χ1v) is 8.85. The van der Waals surface area contributed by atoms with E-state index in [0.29, 0.717) is 38.2 Å². The third kappa shape index (κ3) is 5.70. The molecular formula is C14H21FN2O3S. The van der Waals surface area contributed by atoms with Crippen LogP contribution in [0.4, 0.5) is 4.39 Å². The van der Waals surface area contributed by atoms with Crippen molar-refractivity contribution in [1.82, 2.24) is 9.62 Å². The number of morpholine rings is 1. The predicted molar refractivity (Wildman–Crippen MR) is 78.9 cm³/mol. The number of hydrogen-bond acceptors (Lipinski definition) is 4. The number of rotatable bonds is 6. The van der Waals surface area contributed by atoms with E-state index in [1.807, 2.05) is 6.07 Å². The van der Waals surface area contributed by atoms with Gasteiger partial charge >= 0.3 is 0 Å². The Morgan fingerprint density at radius 1 is 1.43 bits per heavy atom. The van der Waals surface area contributed by atoms with Gasteiger partial charge in [0, 0.05) is 31.7 Å². The molecule has 0 aliphatic carbocycles. The van der Waals surface area contributed by atoms with Crippen LogP contribution in [0.25, 0.3) is 0 Å². The smallest absolute Gasteiger partial charge is 0.208 e. The lowest BCUT2D eigenvalue weighted by Crippen LogP contribution is -2.43. The zero-order valence-electron chi connectivity index (χ0n) is 12.1. The van der Waals surface area contributed by atoms with Gasteiger partial charge in [-0.3, -0.25) is 4.90 Å². The summed E-state index contributed by atoms with van der Waals surface area (Å²) in [7, 11) is -3.16. The van der Waals surface area contributed by atoms with Crippen LogP contribution in [0.15, 0.2) is 24.3 Å². The highest BCUT2D eigenvalue weighted by Gasteiger charge is 2.21. The highest BCUT2D eigenvalue weighted by Crippen LogP contribution is 2.14. The maximum Gasteiger partial charge on any atom is 0.208 e. The molecule has 0 spiro atoms. The van der Waals surface area contributed by atoms with Crippen LogP contribution in [0.2, 0.25) is 0 Å². The van der Waals surface area contributed by atoms with Crippen molar-refractivity contribution in [3.8, 4) is 0 Å². The zero-order valence-corrected chi connectivity index (χ0v) is 12.9. The Balaban J connectivity index is 1.82. The van der Waals surface area contributed by atoms with E-state index in [0.717, 1.165) is 12.8 Å². The molecule has 1 aliphatic rings. The van der Waals surface area contributed by atoms with Crippen molar-refractivity contribution in [2.45, 2.75) is 19.1 Å². The molecule has 1 aromatic carbocycles. The van der Waals surface area contributed by atoms with Crippen LogP contribution in [0.5, 0.6) is 0 Å². The van der Waals surface area contributed by atoms with Crippen molar-refractivity contribution in [1.29, 1.82) is 0 Å². The van der Waals surface area contributed by atoms with Gasteiger partial charge in [0.2, 0.25) is 10.0 Å². The minimum absolute atomic E-state index is 0.0280. The van der Waals surface area contributed by atoms with E-state index in [4.69, 9.17) is 4.74 Å². The number of nitrogens with zero attached hydrogens (tertiary/aromatic N) is 1. The van der Waals surface area contributed by atoms with Crippen molar-refractivity contribution in [3.05, 3.63) is 35.6 Å². The lowest BCUT2D eigenvalue weighted by atomic mass is 10.1. The summed E-state index contributed by atoms with van der Waals surface area (Å²) in [6.45, 7) is 2.92. The summed E-state index contributed by atoms with van der Waals surface area (Å²) < 4.78 is 43.7. The molecule has 21 heavy (non-hydrogen) atoms. The minimum Gasteiger partial charge on any atom is -0.376 e. The van der Waals surface area contributed by atoms with Gasteiger partial charge in [-0.05, 0) is 12.5 Å². The van der Waals surface area contributed by atoms with Gasteiger partial charge in [0.15, 0.2) is 0 Å². The number of sulfonamides is 1. The Labute approximate surface area is 125 Å². The number of benzene rings is 1. The Hall–Kier alpha value is -1.02. The Morgan fingerprint density at radius 3 is 2.90 bits per heavy atom. The van der Waals surface area contributed by atoms with Crippen LogP contribution in [-0.2, 0) is 21.3 Å². The summed E-state index contributed by atoms with van der Waals surface area (Å²) in [6.07, 6.45) is 1.72. The first-order valence-electron chi connectivity index (χ1n) is 6.96. The second-order valence-corrected chi connectivity index (χ2v) is 7.11. The maximum absolute atomic E-state index is 13.6. The zero-order chi connectivity index (χ0) is 15.3. The Kier molecular flexibility index (Phi) is 5.69. The molecule has 0 amide bonds. The summed E-state index contributed by atoms with van der Waals surface area (Å²) >= 11 is 0. The molecule has 1 atom stereocenters. The second-order valence-electron chi connectivity index (χ2n) is 5.27. The SMILES string of the molecule is CS(=O)(=O)NCCC1CN(Cc2ccccc2F)CCO1. The van der Waals surface area contributed by atoms with E-state index in [1.54, 1.807) is 12.1 Å². The maximum atomic E-state index is 13.6. The molecule has 1 aliphatic heterocycles. The molecule has 0 bridgehead atoms. The third-order valence-corrected chi connectivity index (χ3v) is 4.13. The van der Waals surface area contributed by atoms with Gasteiger partial charge in [0.1, 0.15) is 5.82 Å². The average molecular weight is 316 g/mol. The fourth-order valence-corrected chi connectivity index (χ4v) is 2.86. The van der Waals surface area contributed by atoms with Crippen LogP contribution < -0.4 is 4.72 Å². The molecule has 1 fully saturated rings. The first kappa shape index (κ1) is 16.4. The van der Waals surface area contributed by atoms with Crippen LogP contribution in [0.1, 0.15) is 12.0 Å². The molecule has 0 saturated carbocycles. The quantitative estimate of drug-likeness (QED) is 0.849. The number of hydrogen-bond donors (Lipinski definition) is 1. The second kappa shape index (κ2) is 7.31. The molecule has 1 saturated heterocycles. The molecule has 0 radical (unpaired) electrons. The number of nitrogens with one attached hydrogen (secondary N) is 1. The molecule has 1 aromatic rings. The highest BCUT2D eigenvalue weighted by atomic mass is 32.2. The number of halogens is 1. The van der Waals surface area contributed by atoms with E-state index >= 15 is 0 Å². The largest absolute Gasteiger partial charge is 0.376 e.